The number of anilines is 2. The molecule has 3 heterocycles. The van der Waals surface area contributed by atoms with Crippen LogP contribution in [0, 0.1) is 12.3 Å². The van der Waals surface area contributed by atoms with Gasteiger partial charge in [0.2, 0.25) is 5.91 Å². The van der Waals surface area contributed by atoms with Crippen molar-refractivity contribution in [3.8, 4) is 10.6 Å². The number of aliphatic hydroxyl groups is 1. The molecule has 1 amide bonds. The molecule has 0 aromatic carbocycles. The highest BCUT2D eigenvalue weighted by Crippen LogP contribution is 2.50. The van der Waals surface area contributed by atoms with Crippen molar-refractivity contribution in [2.75, 3.05) is 5.32 Å². The molecule has 12 heteroatoms. The van der Waals surface area contributed by atoms with Crippen LogP contribution in [-0.2, 0) is 11.0 Å². The van der Waals surface area contributed by atoms with Crippen LogP contribution in [0.25, 0.3) is 10.6 Å². The number of pyridine rings is 1. The van der Waals surface area contributed by atoms with Gasteiger partial charge in [-0.2, -0.15) is 13.2 Å². The molecule has 186 valence electrons. The minimum absolute atomic E-state index is 0.0206. The van der Waals surface area contributed by atoms with E-state index in [1.165, 1.54) is 11.3 Å². The van der Waals surface area contributed by atoms with Crippen LogP contribution in [-0.4, -0.2) is 36.6 Å². The lowest BCUT2D eigenvalue weighted by atomic mass is 9.62. The summed E-state index contributed by atoms with van der Waals surface area (Å²) in [4.78, 5) is 28.9. The van der Waals surface area contributed by atoms with Crippen LogP contribution in [0.1, 0.15) is 55.3 Å². The highest BCUT2D eigenvalue weighted by Gasteiger charge is 2.52. The lowest BCUT2D eigenvalue weighted by Crippen LogP contribution is -2.57. The Bertz CT molecular complexity index is 1260. The number of nitrogens with two attached hydrogens (primary N) is 1. The number of thiazole rings is 1. The van der Waals surface area contributed by atoms with Crippen molar-refractivity contribution in [1.29, 1.82) is 0 Å². The standard InChI is InChI=1S/C23H25F3N6O2S/c1-12-6-14(31-18(7-12)32-17-8-16(23(24,25)26)29-11-30-17)15-10-28-19(35-15)13-4-5-22(34,20(27)33)21(2,3)9-13/h6-8,10-11,13,34H,4-5,9H2,1-3H3,(H2,27,33)(H,29,30,31,32). The van der Waals surface area contributed by atoms with Crippen molar-refractivity contribution in [1.82, 2.24) is 19.9 Å². The van der Waals surface area contributed by atoms with Crippen molar-refractivity contribution in [2.24, 2.45) is 11.1 Å². The Kier molecular flexibility index (Phi) is 6.30. The maximum absolute atomic E-state index is 13.0. The fourth-order valence-corrected chi connectivity index (χ4v) is 5.45. The topological polar surface area (TPSA) is 127 Å². The first-order valence-electron chi connectivity index (χ1n) is 10.9. The van der Waals surface area contributed by atoms with Crippen LogP contribution in [0.5, 0.6) is 0 Å². The summed E-state index contributed by atoms with van der Waals surface area (Å²) in [7, 11) is 0. The van der Waals surface area contributed by atoms with Crippen molar-refractivity contribution in [3.63, 3.8) is 0 Å². The maximum Gasteiger partial charge on any atom is 0.433 e. The van der Waals surface area contributed by atoms with Crippen molar-refractivity contribution < 1.29 is 23.1 Å². The van der Waals surface area contributed by atoms with Gasteiger partial charge in [-0.05, 0) is 43.9 Å². The summed E-state index contributed by atoms with van der Waals surface area (Å²) in [5.74, 6) is -0.344. The summed E-state index contributed by atoms with van der Waals surface area (Å²) >= 11 is 1.46. The fraction of sp³-hybridized carbons (Fsp3) is 0.435. The second kappa shape index (κ2) is 8.83. The largest absolute Gasteiger partial charge is 0.433 e. The molecule has 1 aliphatic carbocycles. The number of hydrogen-bond donors (Lipinski definition) is 3. The molecule has 8 nitrogen and oxygen atoms in total. The molecule has 3 aromatic rings. The first kappa shape index (κ1) is 25.0. The Balaban J connectivity index is 1.56. The molecule has 4 N–H and O–H groups in total. The van der Waals surface area contributed by atoms with Gasteiger partial charge in [0.15, 0.2) is 0 Å². The predicted molar refractivity (Wildman–Crippen MR) is 125 cm³/mol. The molecule has 2 atom stereocenters. The molecule has 0 radical (unpaired) electrons. The number of hydrogen-bond acceptors (Lipinski definition) is 8. The third kappa shape index (κ3) is 4.98. The number of amides is 1. The quantitative estimate of drug-likeness (QED) is 0.462. The van der Waals surface area contributed by atoms with Gasteiger partial charge in [0.05, 0.1) is 15.6 Å². The summed E-state index contributed by atoms with van der Waals surface area (Å²) < 4.78 is 38.9. The summed E-state index contributed by atoms with van der Waals surface area (Å²) in [5.41, 5.74) is 3.62. The summed E-state index contributed by atoms with van der Waals surface area (Å²) in [6, 6.07) is 4.39. The molecular formula is C23H25F3N6O2S. The van der Waals surface area contributed by atoms with E-state index < -0.39 is 28.8 Å². The Hall–Kier alpha value is -3.12. The van der Waals surface area contributed by atoms with Gasteiger partial charge < -0.3 is 16.2 Å². The molecule has 1 saturated carbocycles. The number of halogens is 3. The molecule has 35 heavy (non-hydrogen) atoms. The zero-order valence-electron chi connectivity index (χ0n) is 19.3. The number of alkyl halides is 3. The normalized spacial score (nSPS) is 22.1. The number of primary amides is 1. The number of rotatable bonds is 5. The average Bonchev–Trinajstić information content (AvgIpc) is 3.25. The number of nitrogens with one attached hydrogen (secondary N) is 1. The first-order chi connectivity index (χ1) is 16.3. The Morgan fingerprint density at radius 2 is 1.94 bits per heavy atom. The third-order valence-corrected chi connectivity index (χ3v) is 7.63. The van der Waals surface area contributed by atoms with Gasteiger partial charge in [0, 0.05) is 23.6 Å². The Morgan fingerprint density at radius 3 is 2.60 bits per heavy atom. The summed E-state index contributed by atoms with van der Waals surface area (Å²) in [6.07, 6.45) is -0.654. The number of aromatic nitrogens is 4. The van der Waals surface area contributed by atoms with Crippen LogP contribution in [0.2, 0.25) is 0 Å². The lowest BCUT2D eigenvalue weighted by molar-refractivity contribution is -0.157. The molecule has 4 rings (SSSR count). The highest BCUT2D eigenvalue weighted by atomic mass is 32.1. The van der Waals surface area contributed by atoms with Gasteiger partial charge in [-0.3, -0.25) is 4.79 Å². The fourth-order valence-electron chi connectivity index (χ4n) is 4.44. The molecule has 0 saturated heterocycles. The molecule has 1 aliphatic rings. The highest BCUT2D eigenvalue weighted by molar-refractivity contribution is 7.15. The molecule has 0 aliphatic heterocycles. The van der Waals surface area contributed by atoms with Gasteiger partial charge in [-0.15, -0.1) is 11.3 Å². The number of carbonyl (C=O) groups excluding carboxylic acids is 1. The van der Waals surface area contributed by atoms with Crippen LogP contribution in [0.15, 0.2) is 30.7 Å². The van der Waals surface area contributed by atoms with Gasteiger partial charge in [-0.25, -0.2) is 19.9 Å². The van der Waals surface area contributed by atoms with E-state index in [0.29, 0.717) is 24.4 Å². The van der Waals surface area contributed by atoms with Crippen molar-refractivity contribution in [2.45, 2.75) is 57.7 Å². The minimum Gasteiger partial charge on any atom is -0.379 e. The second-order valence-electron chi connectivity index (χ2n) is 9.44. The van der Waals surface area contributed by atoms with E-state index in [1.54, 1.807) is 12.3 Å². The molecule has 1 fully saturated rings. The number of carbonyl (C=O) groups is 1. The average molecular weight is 507 g/mol. The first-order valence-corrected chi connectivity index (χ1v) is 11.7. The zero-order valence-corrected chi connectivity index (χ0v) is 20.2. The van der Waals surface area contributed by atoms with E-state index in [1.807, 2.05) is 26.8 Å². The van der Waals surface area contributed by atoms with Crippen LogP contribution < -0.4 is 11.1 Å². The zero-order chi connectivity index (χ0) is 25.6. The van der Waals surface area contributed by atoms with E-state index in [0.717, 1.165) is 27.8 Å². The number of nitrogens with zero attached hydrogens (tertiary/aromatic N) is 4. The van der Waals surface area contributed by atoms with E-state index in [9.17, 15) is 23.1 Å². The van der Waals surface area contributed by atoms with E-state index in [4.69, 9.17) is 5.73 Å². The Labute approximate surface area is 203 Å². The molecule has 2 unspecified atom stereocenters. The SMILES string of the molecule is Cc1cc(Nc2cc(C(F)(F)F)ncn2)nc(-c2cnc(C3CCC(O)(C(N)=O)C(C)(C)C3)s2)c1. The van der Waals surface area contributed by atoms with Crippen LogP contribution in [0.3, 0.4) is 0 Å². The lowest BCUT2D eigenvalue weighted by Gasteiger charge is -2.46. The van der Waals surface area contributed by atoms with Crippen LogP contribution >= 0.6 is 11.3 Å². The van der Waals surface area contributed by atoms with Crippen LogP contribution in [0.4, 0.5) is 24.8 Å². The third-order valence-electron chi connectivity index (χ3n) is 6.45. The smallest absolute Gasteiger partial charge is 0.379 e. The Morgan fingerprint density at radius 1 is 1.20 bits per heavy atom. The van der Waals surface area contributed by atoms with Crippen molar-refractivity contribution >= 4 is 28.9 Å². The molecule has 0 bridgehead atoms. The minimum atomic E-state index is -4.58. The van der Waals surface area contributed by atoms with E-state index in [-0.39, 0.29) is 18.2 Å². The number of aryl methyl sites for hydroxylation is 1. The second-order valence-corrected chi connectivity index (χ2v) is 10.5. The monoisotopic (exact) mass is 506 g/mol. The maximum atomic E-state index is 13.0. The molecular weight excluding hydrogens is 481 g/mol. The van der Waals surface area contributed by atoms with Gasteiger partial charge in [-0.1, -0.05) is 13.8 Å². The van der Waals surface area contributed by atoms with Gasteiger partial charge in [0.25, 0.3) is 0 Å². The van der Waals surface area contributed by atoms with Gasteiger partial charge in [0.1, 0.15) is 29.3 Å². The van der Waals surface area contributed by atoms with Gasteiger partial charge >= 0.3 is 6.18 Å². The van der Waals surface area contributed by atoms with E-state index in [2.05, 4.69) is 25.3 Å². The summed E-state index contributed by atoms with van der Waals surface area (Å²) in [5, 5.41) is 14.5. The summed E-state index contributed by atoms with van der Waals surface area (Å²) in [6.45, 7) is 5.51. The molecule has 3 aromatic heterocycles. The van der Waals surface area contributed by atoms with E-state index >= 15 is 0 Å². The van der Waals surface area contributed by atoms with Crippen molar-refractivity contribution in [3.05, 3.63) is 47.0 Å². The predicted octanol–water partition coefficient (Wildman–Crippen LogP) is 4.58. The molecule has 0 spiro atoms.